The van der Waals surface area contributed by atoms with Crippen molar-refractivity contribution in [3.8, 4) is 5.75 Å². The van der Waals surface area contributed by atoms with Gasteiger partial charge in [-0.05, 0) is 18.2 Å². The number of esters is 1. The molecule has 0 spiro atoms. The van der Waals surface area contributed by atoms with Crippen LogP contribution in [-0.4, -0.2) is 43.0 Å². The van der Waals surface area contributed by atoms with Crippen LogP contribution in [0.2, 0.25) is 5.02 Å². The topological polar surface area (TPSA) is 49.9 Å². The maximum atomic E-state index is 11.3. The predicted octanol–water partition coefficient (Wildman–Crippen LogP) is 1.93. The number of anilines is 1. The van der Waals surface area contributed by atoms with Crippen molar-refractivity contribution in [2.24, 2.45) is 0 Å². The Hall–Kier alpha value is -1.75. The van der Waals surface area contributed by atoms with Gasteiger partial charge in [-0.2, -0.15) is 0 Å². The normalized spacial score (nSPS) is 15.2. The van der Waals surface area contributed by atoms with Crippen LogP contribution in [-0.2, 0) is 9.59 Å². The number of ether oxygens (including phenoxy) is 1. The largest absolute Gasteiger partial charge is 0.424 e. The molecule has 1 heterocycles. The minimum absolute atomic E-state index is 0.0796. The molecule has 0 atom stereocenters. The number of hydrogen-bond donors (Lipinski definition) is 0. The fraction of sp³-hybridized carbons (Fsp3) is 0.429. The molecule has 5 nitrogen and oxygen atoms in total. The first-order valence-corrected chi connectivity index (χ1v) is 6.83. The summed E-state index contributed by atoms with van der Waals surface area (Å²) in [6.07, 6.45) is 0. The van der Waals surface area contributed by atoms with Gasteiger partial charge in [-0.1, -0.05) is 11.6 Å². The molecular weight excluding hydrogens is 280 g/mol. The van der Waals surface area contributed by atoms with Crippen LogP contribution in [0.25, 0.3) is 0 Å². The van der Waals surface area contributed by atoms with Crippen LogP contribution in [0, 0.1) is 0 Å². The summed E-state index contributed by atoms with van der Waals surface area (Å²) in [5.74, 6) is 0.213. The van der Waals surface area contributed by atoms with Gasteiger partial charge in [0.25, 0.3) is 0 Å². The lowest BCUT2D eigenvalue weighted by molar-refractivity contribution is -0.132. The summed E-state index contributed by atoms with van der Waals surface area (Å²) >= 11 is 6.02. The molecule has 1 amide bonds. The standard InChI is InChI=1S/C14H17ClN2O3/c1-10(18)16-5-7-17(8-6-16)13-9-12(15)3-4-14(13)20-11(2)19/h3-4,9H,5-8H2,1-2H3. The summed E-state index contributed by atoms with van der Waals surface area (Å²) in [5, 5.41) is 0.588. The average Bonchev–Trinajstić information content (AvgIpc) is 2.40. The van der Waals surface area contributed by atoms with Gasteiger partial charge in [0.2, 0.25) is 5.91 Å². The highest BCUT2D eigenvalue weighted by molar-refractivity contribution is 6.31. The van der Waals surface area contributed by atoms with Crippen LogP contribution >= 0.6 is 11.6 Å². The number of carbonyl (C=O) groups excluding carboxylic acids is 2. The van der Waals surface area contributed by atoms with E-state index in [-0.39, 0.29) is 11.9 Å². The van der Waals surface area contributed by atoms with Gasteiger partial charge in [-0.25, -0.2) is 0 Å². The van der Waals surface area contributed by atoms with Gasteiger partial charge in [0, 0.05) is 45.0 Å². The van der Waals surface area contributed by atoms with E-state index in [1.807, 2.05) is 0 Å². The lowest BCUT2D eigenvalue weighted by Gasteiger charge is -2.36. The fourth-order valence-electron chi connectivity index (χ4n) is 2.24. The molecule has 1 fully saturated rings. The molecule has 0 N–H and O–H groups in total. The fourth-order valence-corrected chi connectivity index (χ4v) is 2.41. The molecule has 0 unspecified atom stereocenters. The highest BCUT2D eigenvalue weighted by Crippen LogP contribution is 2.32. The van der Waals surface area contributed by atoms with Crippen molar-refractivity contribution < 1.29 is 14.3 Å². The molecule has 1 aromatic carbocycles. The first-order chi connectivity index (χ1) is 9.47. The summed E-state index contributed by atoms with van der Waals surface area (Å²) in [6.45, 7) is 5.62. The minimum atomic E-state index is -0.365. The zero-order chi connectivity index (χ0) is 14.7. The van der Waals surface area contributed by atoms with Crippen molar-refractivity contribution in [2.45, 2.75) is 13.8 Å². The molecular formula is C14H17ClN2O3. The van der Waals surface area contributed by atoms with E-state index in [9.17, 15) is 9.59 Å². The minimum Gasteiger partial charge on any atom is -0.424 e. The van der Waals surface area contributed by atoms with Crippen molar-refractivity contribution in [1.82, 2.24) is 4.90 Å². The second-order valence-electron chi connectivity index (χ2n) is 4.70. The molecule has 20 heavy (non-hydrogen) atoms. The number of hydrogen-bond acceptors (Lipinski definition) is 4. The highest BCUT2D eigenvalue weighted by atomic mass is 35.5. The van der Waals surface area contributed by atoms with Crippen molar-refractivity contribution in [3.05, 3.63) is 23.2 Å². The Bertz CT molecular complexity index is 525. The molecule has 1 aromatic rings. The van der Waals surface area contributed by atoms with Crippen LogP contribution < -0.4 is 9.64 Å². The molecule has 108 valence electrons. The van der Waals surface area contributed by atoms with Gasteiger partial charge in [0.1, 0.15) is 0 Å². The number of piperazine rings is 1. The third-order valence-electron chi connectivity index (χ3n) is 3.24. The molecule has 1 aliphatic heterocycles. The van der Waals surface area contributed by atoms with E-state index < -0.39 is 0 Å². The van der Waals surface area contributed by atoms with Crippen LogP contribution in [0.3, 0.4) is 0 Å². The Labute approximate surface area is 123 Å². The Kier molecular flexibility index (Phi) is 4.49. The third kappa shape index (κ3) is 3.42. The first kappa shape index (κ1) is 14.7. The van der Waals surface area contributed by atoms with E-state index in [0.29, 0.717) is 37.0 Å². The van der Waals surface area contributed by atoms with Gasteiger partial charge in [0.05, 0.1) is 5.69 Å². The lowest BCUT2D eigenvalue weighted by atomic mass is 10.2. The molecule has 0 bridgehead atoms. The zero-order valence-electron chi connectivity index (χ0n) is 11.6. The SMILES string of the molecule is CC(=O)Oc1ccc(Cl)cc1N1CCN(C(C)=O)CC1. The van der Waals surface area contributed by atoms with Gasteiger partial charge in [0.15, 0.2) is 5.75 Å². The number of benzene rings is 1. The second kappa shape index (κ2) is 6.13. The molecule has 0 aromatic heterocycles. The molecule has 1 saturated heterocycles. The van der Waals surface area contributed by atoms with E-state index in [2.05, 4.69) is 4.90 Å². The summed E-state index contributed by atoms with van der Waals surface area (Å²) < 4.78 is 5.21. The third-order valence-corrected chi connectivity index (χ3v) is 3.48. The molecule has 0 aliphatic carbocycles. The number of carbonyl (C=O) groups is 2. The van der Waals surface area contributed by atoms with Crippen molar-refractivity contribution in [1.29, 1.82) is 0 Å². The summed E-state index contributed by atoms with van der Waals surface area (Å²) in [5.41, 5.74) is 0.788. The van der Waals surface area contributed by atoms with Crippen LogP contribution in [0.15, 0.2) is 18.2 Å². The number of rotatable bonds is 2. The van der Waals surface area contributed by atoms with Gasteiger partial charge < -0.3 is 14.5 Å². The van der Waals surface area contributed by atoms with Gasteiger partial charge in [-0.3, -0.25) is 9.59 Å². The van der Waals surface area contributed by atoms with Crippen molar-refractivity contribution in [2.75, 3.05) is 31.1 Å². The number of nitrogens with zero attached hydrogens (tertiary/aromatic N) is 2. The Morgan fingerprint density at radius 3 is 2.35 bits per heavy atom. The Morgan fingerprint density at radius 2 is 1.80 bits per heavy atom. The van der Waals surface area contributed by atoms with Gasteiger partial charge >= 0.3 is 5.97 Å². The molecule has 0 radical (unpaired) electrons. The van der Waals surface area contributed by atoms with Crippen LogP contribution in [0.1, 0.15) is 13.8 Å². The van der Waals surface area contributed by atoms with Crippen LogP contribution in [0.5, 0.6) is 5.75 Å². The van der Waals surface area contributed by atoms with E-state index in [1.165, 1.54) is 6.92 Å². The molecule has 0 saturated carbocycles. The highest BCUT2D eigenvalue weighted by Gasteiger charge is 2.21. The monoisotopic (exact) mass is 296 g/mol. The van der Waals surface area contributed by atoms with Crippen LogP contribution in [0.4, 0.5) is 5.69 Å². The van der Waals surface area contributed by atoms with Crippen molar-refractivity contribution >= 4 is 29.2 Å². The van der Waals surface area contributed by atoms with E-state index >= 15 is 0 Å². The first-order valence-electron chi connectivity index (χ1n) is 6.46. The second-order valence-corrected chi connectivity index (χ2v) is 5.14. The summed E-state index contributed by atoms with van der Waals surface area (Å²) in [4.78, 5) is 26.3. The smallest absolute Gasteiger partial charge is 0.308 e. The summed E-state index contributed by atoms with van der Waals surface area (Å²) in [6, 6.07) is 5.16. The zero-order valence-corrected chi connectivity index (χ0v) is 12.3. The Morgan fingerprint density at radius 1 is 1.15 bits per heavy atom. The average molecular weight is 297 g/mol. The molecule has 1 aliphatic rings. The van der Waals surface area contributed by atoms with Gasteiger partial charge in [-0.15, -0.1) is 0 Å². The maximum absolute atomic E-state index is 11.3. The Balaban J connectivity index is 2.18. The molecule has 6 heteroatoms. The summed E-state index contributed by atoms with van der Waals surface area (Å²) in [7, 11) is 0. The van der Waals surface area contributed by atoms with E-state index in [1.54, 1.807) is 30.0 Å². The lowest BCUT2D eigenvalue weighted by Crippen LogP contribution is -2.48. The van der Waals surface area contributed by atoms with E-state index in [0.717, 1.165) is 5.69 Å². The number of halogens is 1. The maximum Gasteiger partial charge on any atom is 0.308 e. The predicted molar refractivity (Wildman–Crippen MR) is 77.2 cm³/mol. The molecule has 2 rings (SSSR count). The quantitative estimate of drug-likeness (QED) is 0.618. The number of amides is 1. The van der Waals surface area contributed by atoms with Crippen molar-refractivity contribution in [3.63, 3.8) is 0 Å². The van der Waals surface area contributed by atoms with E-state index in [4.69, 9.17) is 16.3 Å².